The third-order valence-electron chi connectivity index (χ3n) is 3.81. The Hall–Kier alpha value is -1.75. The molecule has 0 radical (unpaired) electrons. The number of rotatable bonds is 6. The molecule has 0 aliphatic heterocycles. The van der Waals surface area contributed by atoms with Crippen LogP contribution in [-0.4, -0.2) is 40.8 Å². The van der Waals surface area contributed by atoms with E-state index in [1.54, 1.807) is 12.1 Å². The second kappa shape index (κ2) is 6.61. The third kappa shape index (κ3) is 3.63. The zero-order chi connectivity index (χ0) is 14.5. The number of phenolic OH excluding ortho intramolecular Hbond substituents is 1. The number of methoxy groups -OCH3 is 1. The van der Waals surface area contributed by atoms with E-state index < -0.39 is 5.97 Å². The quantitative estimate of drug-likeness (QED) is 0.835. The van der Waals surface area contributed by atoms with Gasteiger partial charge in [0.05, 0.1) is 13.7 Å². The summed E-state index contributed by atoms with van der Waals surface area (Å²) in [5.41, 5.74) is 0.952. The molecule has 0 spiro atoms. The molecule has 0 atom stereocenters. The van der Waals surface area contributed by atoms with E-state index in [4.69, 9.17) is 9.84 Å². The fourth-order valence-electron chi connectivity index (χ4n) is 2.81. The molecule has 0 amide bonds. The lowest BCUT2D eigenvalue weighted by molar-refractivity contribution is -0.139. The largest absolute Gasteiger partial charge is 0.504 e. The van der Waals surface area contributed by atoms with E-state index in [1.807, 2.05) is 11.0 Å². The van der Waals surface area contributed by atoms with E-state index in [2.05, 4.69) is 0 Å². The molecule has 0 unspecified atom stereocenters. The van der Waals surface area contributed by atoms with Crippen molar-refractivity contribution in [2.24, 2.45) is 0 Å². The first-order valence-corrected chi connectivity index (χ1v) is 6.92. The Morgan fingerprint density at radius 3 is 2.70 bits per heavy atom. The number of aromatic hydroxyl groups is 1. The summed E-state index contributed by atoms with van der Waals surface area (Å²) < 4.78 is 5.09. The van der Waals surface area contributed by atoms with Crippen molar-refractivity contribution in [2.45, 2.75) is 38.3 Å². The lowest BCUT2D eigenvalue weighted by Crippen LogP contribution is -2.37. The van der Waals surface area contributed by atoms with Crippen molar-refractivity contribution in [1.29, 1.82) is 0 Å². The van der Waals surface area contributed by atoms with Crippen LogP contribution in [0.3, 0.4) is 0 Å². The predicted molar refractivity (Wildman–Crippen MR) is 75.0 cm³/mol. The number of hydrogen-bond donors (Lipinski definition) is 2. The predicted octanol–water partition coefficient (Wildman–Crippen LogP) is 2.23. The van der Waals surface area contributed by atoms with Crippen molar-refractivity contribution < 1.29 is 19.7 Å². The summed E-state index contributed by atoms with van der Waals surface area (Å²) in [6, 6.07) is 5.49. The van der Waals surface area contributed by atoms with Gasteiger partial charge in [-0.1, -0.05) is 18.9 Å². The maximum Gasteiger partial charge on any atom is 0.317 e. The van der Waals surface area contributed by atoms with Crippen molar-refractivity contribution >= 4 is 5.97 Å². The molecule has 1 aromatic rings. The van der Waals surface area contributed by atoms with Crippen LogP contribution >= 0.6 is 0 Å². The SMILES string of the molecule is COc1cc(CN(CC(=O)O)C2CCCC2)ccc1O. The Labute approximate surface area is 118 Å². The first kappa shape index (κ1) is 14.7. The summed E-state index contributed by atoms with van der Waals surface area (Å²) in [4.78, 5) is 13.0. The molecule has 1 aliphatic rings. The van der Waals surface area contributed by atoms with Crippen LogP contribution in [0.4, 0.5) is 0 Å². The normalized spacial score (nSPS) is 15.7. The summed E-state index contributed by atoms with van der Waals surface area (Å²) in [5.74, 6) is -0.284. The van der Waals surface area contributed by atoms with Gasteiger partial charge < -0.3 is 14.9 Å². The van der Waals surface area contributed by atoms with E-state index in [0.29, 0.717) is 18.3 Å². The van der Waals surface area contributed by atoms with Crippen LogP contribution in [0, 0.1) is 0 Å². The Kier molecular flexibility index (Phi) is 4.84. The molecule has 2 rings (SSSR count). The van der Waals surface area contributed by atoms with Gasteiger partial charge in [-0.25, -0.2) is 0 Å². The fourth-order valence-corrected chi connectivity index (χ4v) is 2.81. The fraction of sp³-hybridized carbons (Fsp3) is 0.533. The van der Waals surface area contributed by atoms with Gasteiger partial charge in [0.25, 0.3) is 0 Å². The molecule has 0 saturated heterocycles. The highest BCUT2D eigenvalue weighted by Crippen LogP contribution is 2.29. The van der Waals surface area contributed by atoms with Gasteiger partial charge in [0.15, 0.2) is 11.5 Å². The second-order valence-electron chi connectivity index (χ2n) is 5.24. The number of nitrogens with zero attached hydrogens (tertiary/aromatic N) is 1. The number of aliphatic carboxylic acids is 1. The Bertz CT molecular complexity index is 469. The molecule has 0 heterocycles. The number of carboxylic acids is 1. The van der Waals surface area contributed by atoms with Crippen LogP contribution in [0.5, 0.6) is 11.5 Å². The Balaban J connectivity index is 2.11. The molecule has 5 heteroatoms. The van der Waals surface area contributed by atoms with Gasteiger partial charge in [0.2, 0.25) is 0 Å². The summed E-state index contributed by atoms with van der Waals surface area (Å²) in [6.45, 7) is 0.613. The van der Waals surface area contributed by atoms with Crippen molar-refractivity contribution in [3.05, 3.63) is 23.8 Å². The van der Waals surface area contributed by atoms with E-state index in [-0.39, 0.29) is 12.3 Å². The summed E-state index contributed by atoms with van der Waals surface area (Å²) >= 11 is 0. The van der Waals surface area contributed by atoms with Gasteiger partial charge in [-0.3, -0.25) is 9.69 Å². The molecule has 110 valence electrons. The molecular weight excluding hydrogens is 258 g/mol. The molecule has 0 aromatic heterocycles. The van der Waals surface area contributed by atoms with Crippen LogP contribution in [0.1, 0.15) is 31.2 Å². The molecule has 2 N–H and O–H groups in total. The highest BCUT2D eigenvalue weighted by atomic mass is 16.5. The van der Waals surface area contributed by atoms with E-state index >= 15 is 0 Å². The number of carboxylic acid groups (broad SMARTS) is 1. The molecule has 1 aliphatic carbocycles. The topological polar surface area (TPSA) is 70.0 Å². The smallest absolute Gasteiger partial charge is 0.317 e. The zero-order valence-corrected chi connectivity index (χ0v) is 11.7. The van der Waals surface area contributed by atoms with Crippen molar-refractivity contribution in [1.82, 2.24) is 4.90 Å². The number of carbonyl (C=O) groups is 1. The monoisotopic (exact) mass is 279 g/mol. The van der Waals surface area contributed by atoms with Crippen molar-refractivity contribution in [3.63, 3.8) is 0 Å². The maximum absolute atomic E-state index is 11.0. The van der Waals surface area contributed by atoms with Crippen LogP contribution in [0.25, 0.3) is 0 Å². The van der Waals surface area contributed by atoms with Crippen LogP contribution in [-0.2, 0) is 11.3 Å². The van der Waals surface area contributed by atoms with Gasteiger partial charge >= 0.3 is 5.97 Å². The zero-order valence-electron chi connectivity index (χ0n) is 11.7. The van der Waals surface area contributed by atoms with Gasteiger partial charge in [-0.15, -0.1) is 0 Å². The van der Waals surface area contributed by atoms with Crippen LogP contribution < -0.4 is 4.74 Å². The van der Waals surface area contributed by atoms with E-state index in [1.165, 1.54) is 20.0 Å². The lowest BCUT2D eigenvalue weighted by Gasteiger charge is -2.27. The molecule has 0 bridgehead atoms. The van der Waals surface area contributed by atoms with Crippen LogP contribution in [0.2, 0.25) is 0 Å². The van der Waals surface area contributed by atoms with Crippen molar-refractivity contribution in [3.8, 4) is 11.5 Å². The highest BCUT2D eigenvalue weighted by Gasteiger charge is 2.24. The lowest BCUT2D eigenvalue weighted by atomic mass is 10.1. The number of phenols is 1. The first-order valence-electron chi connectivity index (χ1n) is 6.92. The minimum atomic E-state index is -0.803. The number of benzene rings is 1. The molecule has 20 heavy (non-hydrogen) atoms. The Morgan fingerprint density at radius 1 is 1.40 bits per heavy atom. The Morgan fingerprint density at radius 2 is 2.10 bits per heavy atom. The molecule has 5 nitrogen and oxygen atoms in total. The van der Waals surface area contributed by atoms with Crippen LogP contribution in [0.15, 0.2) is 18.2 Å². The van der Waals surface area contributed by atoms with Crippen molar-refractivity contribution in [2.75, 3.05) is 13.7 Å². The van der Waals surface area contributed by atoms with Gasteiger partial charge in [-0.2, -0.15) is 0 Å². The molecular formula is C15H21NO4. The molecule has 1 saturated carbocycles. The summed E-state index contributed by atoms with van der Waals surface area (Å²) in [6.07, 6.45) is 4.45. The standard InChI is InChI=1S/C15H21NO4/c1-20-14-8-11(6-7-13(14)17)9-16(10-15(18)19)12-4-2-3-5-12/h6-8,12,17H,2-5,9-10H2,1H3,(H,18,19). The molecule has 1 aromatic carbocycles. The average Bonchev–Trinajstić information content (AvgIpc) is 2.93. The minimum Gasteiger partial charge on any atom is -0.504 e. The second-order valence-corrected chi connectivity index (χ2v) is 5.24. The summed E-state index contributed by atoms with van der Waals surface area (Å²) in [7, 11) is 1.50. The third-order valence-corrected chi connectivity index (χ3v) is 3.81. The maximum atomic E-state index is 11.0. The minimum absolute atomic E-state index is 0.0495. The van der Waals surface area contributed by atoms with Gasteiger partial charge in [-0.05, 0) is 30.5 Å². The van der Waals surface area contributed by atoms with Gasteiger partial charge in [0.1, 0.15) is 0 Å². The van der Waals surface area contributed by atoms with E-state index in [0.717, 1.165) is 18.4 Å². The number of ether oxygens (including phenoxy) is 1. The summed E-state index contributed by atoms with van der Waals surface area (Å²) in [5, 5.41) is 18.7. The number of hydrogen-bond acceptors (Lipinski definition) is 4. The highest BCUT2D eigenvalue weighted by molar-refractivity contribution is 5.69. The molecule has 1 fully saturated rings. The van der Waals surface area contributed by atoms with E-state index in [9.17, 15) is 9.90 Å². The average molecular weight is 279 g/mol. The van der Waals surface area contributed by atoms with Gasteiger partial charge in [0, 0.05) is 12.6 Å². The first-order chi connectivity index (χ1) is 9.60.